The number of anilines is 1. The first-order valence-electron chi connectivity index (χ1n) is 8.09. The van der Waals surface area contributed by atoms with Gasteiger partial charge in [-0.3, -0.25) is 9.59 Å². The SMILES string of the molecule is Cc1cccc(C(=O)N[C@H](C(=O)Nc2cccc(C#N)c2)C(C)C)c1. The third-order valence-electron chi connectivity index (χ3n) is 3.78. The molecular weight excluding hydrogens is 314 g/mol. The summed E-state index contributed by atoms with van der Waals surface area (Å²) in [5.41, 5.74) is 2.48. The van der Waals surface area contributed by atoms with Crippen LogP contribution in [0, 0.1) is 24.2 Å². The molecule has 128 valence electrons. The van der Waals surface area contributed by atoms with E-state index in [9.17, 15) is 9.59 Å². The number of hydrogen-bond donors (Lipinski definition) is 2. The fourth-order valence-electron chi connectivity index (χ4n) is 2.43. The van der Waals surface area contributed by atoms with Crippen molar-refractivity contribution >= 4 is 17.5 Å². The van der Waals surface area contributed by atoms with Crippen molar-refractivity contribution in [3.05, 3.63) is 65.2 Å². The highest BCUT2D eigenvalue weighted by Crippen LogP contribution is 2.13. The second-order valence-electron chi connectivity index (χ2n) is 6.25. The maximum atomic E-state index is 12.6. The number of carbonyl (C=O) groups is 2. The Morgan fingerprint density at radius 1 is 1.08 bits per heavy atom. The van der Waals surface area contributed by atoms with Crippen LogP contribution >= 0.6 is 0 Å². The number of nitrogens with one attached hydrogen (secondary N) is 2. The molecule has 0 spiro atoms. The van der Waals surface area contributed by atoms with E-state index in [2.05, 4.69) is 10.6 Å². The van der Waals surface area contributed by atoms with Crippen LogP contribution in [0.4, 0.5) is 5.69 Å². The van der Waals surface area contributed by atoms with Crippen molar-refractivity contribution in [1.82, 2.24) is 5.32 Å². The van der Waals surface area contributed by atoms with Crippen LogP contribution < -0.4 is 10.6 Å². The Kier molecular flexibility index (Phi) is 5.91. The quantitative estimate of drug-likeness (QED) is 0.880. The third kappa shape index (κ3) is 4.92. The van der Waals surface area contributed by atoms with Crippen LogP contribution in [0.25, 0.3) is 0 Å². The lowest BCUT2D eigenvalue weighted by Gasteiger charge is -2.22. The minimum Gasteiger partial charge on any atom is -0.340 e. The van der Waals surface area contributed by atoms with E-state index in [0.29, 0.717) is 16.8 Å². The Balaban J connectivity index is 2.13. The molecule has 0 radical (unpaired) electrons. The smallest absolute Gasteiger partial charge is 0.251 e. The average Bonchev–Trinajstić information content (AvgIpc) is 2.59. The third-order valence-corrected chi connectivity index (χ3v) is 3.78. The van der Waals surface area contributed by atoms with Crippen molar-refractivity contribution in [3.63, 3.8) is 0 Å². The number of rotatable bonds is 5. The van der Waals surface area contributed by atoms with E-state index in [-0.39, 0.29) is 17.7 Å². The molecule has 0 saturated carbocycles. The maximum Gasteiger partial charge on any atom is 0.251 e. The minimum absolute atomic E-state index is 0.0899. The Morgan fingerprint density at radius 3 is 2.44 bits per heavy atom. The molecule has 0 aliphatic heterocycles. The van der Waals surface area contributed by atoms with Crippen LogP contribution in [-0.2, 0) is 4.79 Å². The first kappa shape index (κ1) is 18.2. The highest BCUT2D eigenvalue weighted by molar-refractivity contribution is 6.01. The van der Waals surface area contributed by atoms with E-state index in [1.807, 2.05) is 39.0 Å². The summed E-state index contributed by atoms with van der Waals surface area (Å²) in [4.78, 5) is 25.0. The minimum atomic E-state index is -0.682. The van der Waals surface area contributed by atoms with Gasteiger partial charge in [-0.05, 0) is 43.2 Å². The summed E-state index contributed by atoms with van der Waals surface area (Å²) < 4.78 is 0. The van der Waals surface area contributed by atoms with Gasteiger partial charge in [0.2, 0.25) is 5.91 Å². The molecule has 0 aliphatic rings. The Morgan fingerprint density at radius 2 is 1.80 bits per heavy atom. The van der Waals surface area contributed by atoms with Crippen LogP contribution in [0.3, 0.4) is 0 Å². The van der Waals surface area contributed by atoms with Crippen LogP contribution in [0.15, 0.2) is 48.5 Å². The van der Waals surface area contributed by atoms with Crippen LogP contribution in [0.2, 0.25) is 0 Å². The van der Waals surface area contributed by atoms with Gasteiger partial charge in [0, 0.05) is 11.3 Å². The normalized spacial score (nSPS) is 11.5. The fraction of sp³-hybridized carbons (Fsp3) is 0.250. The first-order chi connectivity index (χ1) is 11.9. The molecule has 0 saturated heterocycles. The van der Waals surface area contributed by atoms with Crippen molar-refractivity contribution in [2.45, 2.75) is 26.8 Å². The molecule has 2 rings (SSSR count). The molecule has 25 heavy (non-hydrogen) atoms. The lowest BCUT2D eigenvalue weighted by molar-refractivity contribution is -0.118. The number of nitrogens with zero attached hydrogens (tertiary/aromatic N) is 1. The molecule has 0 fully saturated rings. The zero-order chi connectivity index (χ0) is 18.4. The van der Waals surface area contributed by atoms with Crippen molar-refractivity contribution in [3.8, 4) is 6.07 Å². The Hall–Kier alpha value is -3.13. The molecule has 2 N–H and O–H groups in total. The molecule has 1 atom stereocenters. The van der Waals surface area contributed by atoms with Gasteiger partial charge in [-0.2, -0.15) is 5.26 Å². The lowest BCUT2D eigenvalue weighted by atomic mass is 10.0. The molecule has 2 aromatic rings. The predicted octanol–water partition coefficient (Wildman–Crippen LogP) is 3.26. The second-order valence-corrected chi connectivity index (χ2v) is 6.25. The summed E-state index contributed by atoms with van der Waals surface area (Å²) in [6, 6.07) is 15.2. The molecule has 0 aliphatic carbocycles. The van der Waals surface area contributed by atoms with Gasteiger partial charge in [0.1, 0.15) is 6.04 Å². The van der Waals surface area contributed by atoms with E-state index in [4.69, 9.17) is 5.26 Å². The van der Waals surface area contributed by atoms with Gasteiger partial charge in [0.05, 0.1) is 11.6 Å². The number of benzene rings is 2. The van der Waals surface area contributed by atoms with Crippen molar-refractivity contribution in [2.24, 2.45) is 5.92 Å². The van der Waals surface area contributed by atoms with Gasteiger partial charge in [0.15, 0.2) is 0 Å². The largest absolute Gasteiger partial charge is 0.340 e. The standard InChI is InChI=1S/C20H21N3O2/c1-13(2)18(23-19(24)16-8-4-6-14(3)10-16)20(25)22-17-9-5-7-15(11-17)12-21/h4-11,13,18H,1-3H3,(H,22,25)(H,23,24)/t18-/m0/s1. The number of aryl methyl sites for hydroxylation is 1. The number of carbonyl (C=O) groups excluding carboxylic acids is 2. The molecule has 0 unspecified atom stereocenters. The van der Waals surface area contributed by atoms with E-state index >= 15 is 0 Å². The summed E-state index contributed by atoms with van der Waals surface area (Å²) in [5.74, 6) is -0.692. The highest BCUT2D eigenvalue weighted by Gasteiger charge is 2.24. The monoisotopic (exact) mass is 335 g/mol. The second kappa shape index (κ2) is 8.11. The van der Waals surface area contributed by atoms with Gasteiger partial charge >= 0.3 is 0 Å². The van der Waals surface area contributed by atoms with E-state index in [1.165, 1.54) is 0 Å². The maximum absolute atomic E-state index is 12.6. The van der Waals surface area contributed by atoms with E-state index < -0.39 is 6.04 Å². The van der Waals surface area contributed by atoms with Crippen LogP contribution in [0.5, 0.6) is 0 Å². The van der Waals surface area contributed by atoms with Gasteiger partial charge < -0.3 is 10.6 Å². The van der Waals surface area contributed by atoms with Crippen LogP contribution in [-0.4, -0.2) is 17.9 Å². The zero-order valence-corrected chi connectivity index (χ0v) is 14.5. The van der Waals surface area contributed by atoms with Gasteiger partial charge in [-0.15, -0.1) is 0 Å². The van der Waals surface area contributed by atoms with Gasteiger partial charge in [0.25, 0.3) is 5.91 Å². The van der Waals surface area contributed by atoms with Crippen molar-refractivity contribution in [2.75, 3.05) is 5.32 Å². The lowest BCUT2D eigenvalue weighted by Crippen LogP contribution is -2.47. The molecular formula is C20H21N3O2. The molecule has 2 amide bonds. The number of nitriles is 1. The molecule has 5 nitrogen and oxygen atoms in total. The summed E-state index contributed by atoms with van der Waals surface area (Å²) in [6.07, 6.45) is 0. The van der Waals surface area contributed by atoms with E-state index in [1.54, 1.807) is 36.4 Å². The summed E-state index contributed by atoms with van der Waals surface area (Å²) >= 11 is 0. The molecule has 0 bridgehead atoms. The van der Waals surface area contributed by atoms with Crippen molar-refractivity contribution in [1.29, 1.82) is 5.26 Å². The summed E-state index contributed by atoms with van der Waals surface area (Å²) in [7, 11) is 0. The molecule has 2 aromatic carbocycles. The number of hydrogen-bond acceptors (Lipinski definition) is 3. The number of amides is 2. The van der Waals surface area contributed by atoms with Gasteiger partial charge in [-0.1, -0.05) is 37.6 Å². The predicted molar refractivity (Wildman–Crippen MR) is 97.1 cm³/mol. The van der Waals surface area contributed by atoms with Gasteiger partial charge in [-0.25, -0.2) is 0 Å². The Bertz CT molecular complexity index is 822. The van der Waals surface area contributed by atoms with Crippen molar-refractivity contribution < 1.29 is 9.59 Å². The molecule has 0 aromatic heterocycles. The highest BCUT2D eigenvalue weighted by atomic mass is 16.2. The zero-order valence-electron chi connectivity index (χ0n) is 14.5. The Labute approximate surface area is 147 Å². The molecule has 0 heterocycles. The first-order valence-corrected chi connectivity index (χ1v) is 8.09. The fourth-order valence-corrected chi connectivity index (χ4v) is 2.43. The van der Waals surface area contributed by atoms with Crippen LogP contribution in [0.1, 0.15) is 35.3 Å². The summed E-state index contributed by atoms with van der Waals surface area (Å²) in [5, 5.41) is 14.5. The average molecular weight is 335 g/mol. The molecule has 5 heteroatoms. The summed E-state index contributed by atoms with van der Waals surface area (Å²) in [6.45, 7) is 5.64. The van der Waals surface area contributed by atoms with E-state index in [0.717, 1.165) is 5.56 Å². The topological polar surface area (TPSA) is 82.0 Å².